The molecule has 8 heteroatoms. The Hall–Kier alpha value is -2.19. The average molecular weight is 379 g/mol. The van der Waals surface area contributed by atoms with Gasteiger partial charge in [-0.05, 0) is 43.5 Å². The van der Waals surface area contributed by atoms with E-state index in [0.717, 1.165) is 38.9 Å². The van der Waals surface area contributed by atoms with Crippen molar-refractivity contribution in [3.63, 3.8) is 0 Å². The van der Waals surface area contributed by atoms with Gasteiger partial charge >= 0.3 is 11.9 Å². The highest BCUT2D eigenvalue weighted by molar-refractivity contribution is 8.26. The molecule has 0 spiro atoms. The molecule has 0 aliphatic carbocycles. The molecular weight excluding hydrogens is 362 g/mol. The zero-order valence-corrected chi connectivity index (χ0v) is 15.5. The van der Waals surface area contributed by atoms with Crippen molar-refractivity contribution in [3.8, 4) is 0 Å². The first kappa shape index (κ1) is 19.1. The third-order valence-electron chi connectivity index (χ3n) is 3.80. The third kappa shape index (κ3) is 4.08. The van der Waals surface area contributed by atoms with Gasteiger partial charge in [-0.3, -0.25) is 14.5 Å². The van der Waals surface area contributed by atoms with Crippen molar-refractivity contribution in [2.24, 2.45) is 0 Å². The molecule has 1 amide bonds. The minimum Gasteiger partial charge on any atom is -0.481 e. The third-order valence-corrected chi connectivity index (χ3v) is 5.13. The zero-order valence-electron chi connectivity index (χ0n) is 13.9. The van der Waals surface area contributed by atoms with Gasteiger partial charge in [-0.25, -0.2) is 4.79 Å². The Kier molecular flexibility index (Phi) is 5.64. The number of hydrogen-bond donors (Lipinski definition) is 2. The second-order valence-corrected chi connectivity index (χ2v) is 7.49. The summed E-state index contributed by atoms with van der Waals surface area (Å²) in [5.41, 5.74) is 3.95. The number of amides is 1. The van der Waals surface area contributed by atoms with Crippen LogP contribution in [0.3, 0.4) is 0 Å². The van der Waals surface area contributed by atoms with Gasteiger partial charge in [-0.1, -0.05) is 41.7 Å². The number of thioether (sulfide) groups is 1. The maximum atomic E-state index is 12.6. The summed E-state index contributed by atoms with van der Waals surface area (Å²) in [5, 5.41) is 18.2. The Morgan fingerprint density at radius 2 is 1.80 bits per heavy atom. The first-order valence-corrected chi connectivity index (χ1v) is 8.63. The van der Waals surface area contributed by atoms with Crippen LogP contribution in [0.25, 0.3) is 6.08 Å². The van der Waals surface area contributed by atoms with Crippen molar-refractivity contribution >= 4 is 52.2 Å². The van der Waals surface area contributed by atoms with Crippen LogP contribution in [-0.2, 0) is 14.4 Å². The number of carbonyl (C=O) groups is 3. The quantitative estimate of drug-likeness (QED) is 0.600. The number of carboxylic acids is 2. The second-order valence-electron chi connectivity index (χ2n) is 5.82. The summed E-state index contributed by atoms with van der Waals surface area (Å²) in [6, 6.07) is 2.46. The van der Waals surface area contributed by atoms with Crippen LogP contribution in [0.5, 0.6) is 0 Å². The molecule has 1 aromatic rings. The fourth-order valence-corrected chi connectivity index (χ4v) is 4.09. The van der Waals surface area contributed by atoms with Gasteiger partial charge < -0.3 is 10.2 Å². The number of benzene rings is 1. The molecule has 2 N–H and O–H groups in total. The molecule has 1 aliphatic rings. The van der Waals surface area contributed by atoms with Crippen LogP contribution in [0.1, 0.15) is 28.7 Å². The Morgan fingerprint density at radius 3 is 2.28 bits per heavy atom. The van der Waals surface area contributed by atoms with Gasteiger partial charge in [0.05, 0.1) is 11.3 Å². The van der Waals surface area contributed by atoms with Crippen molar-refractivity contribution in [2.45, 2.75) is 33.2 Å². The van der Waals surface area contributed by atoms with Crippen LogP contribution in [0.15, 0.2) is 17.0 Å². The van der Waals surface area contributed by atoms with Crippen LogP contribution >= 0.6 is 24.0 Å². The van der Waals surface area contributed by atoms with E-state index in [1.54, 1.807) is 6.08 Å². The predicted octanol–water partition coefficient (Wildman–Crippen LogP) is 2.74. The largest absolute Gasteiger partial charge is 0.481 e. The molecule has 1 aromatic carbocycles. The lowest BCUT2D eigenvalue weighted by Crippen LogP contribution is -2.45. The van der Waals surface area contributed by atoms with Crippen molar-refractivity contribution in [1.82, 2.24) is 4.90 Å². The summed E-state index contributed by atoms with van der Waals surface area (Å²) in [5.74, 6) is -3.29. The van der Waals surface area contributed by atoms with Gasteiger partial charge in [0.2, 0.25) is 0 Å². The maximum absolute atomic E-state index is 12.6. The standard InChI is InChI=1S/C17H17NO5S2/c1-8-4-9(2)11(10(3)5-8)6-13-15(21)18(17(24)25-13)12(16(22)23)7-14(19)20/h4-6,12H,7H2,1-3H3,(H,19,20)(H,22,23). The summed E-state index contributed by atoms with van der Waals surface area (Å²) < 4.78 is 0.0484. The number of hydrogen-bond acceptors (Lipinski definition) is 5. The van der Waals surface area contributed by atoms with Crippen molar-refractivity contribution in [1.29, 1.82) is 0 Å². The monoisotopic (exact) mass is 379 g/mol. The van der Waals surface area contributed by atoms with E-state index in [1.165, 1.54) is 0 Å². The number of rotatable bonds is 5. The molecule has 25 heavy (non-hydrogen) atoms. The molecule has 0 radical (unpaired) electrons. The number of nitrogens with zero attached hydrogens (tertiary/aromatic N) is 1. The molecule has 1 unspecified atom stereocenters. The van der Waals surface area contributed by atoms with Gasteiger partial charge in [0, 0.05) is 0 Å². The maximum Gasteiger partial charge on any atom is 0.327 e. The van der Waals surface area contributed by atoms with E-state index in [1.807, 2.05) is 32.9 Å². The highest BCUT2D eigenvalue weighted by Crippen LogP contribution is 2.35. The van der Waals surface area contributed by atoms with Crippen LogP contribution in [0, 0.1) is 20.8 Å². The van der Waals surface area contributed by atoms with E-state index in [0.29, 0.717) is 0 Å². The van der Waals surface area contributed by atoms with Crippen LogP contribution in [-0.4, -0.2) is 43.3 Å². The van der Waals surface area contributed by atoms with Crippen molar-refractivity contribution < 1.29 is 24.6 Å². The summed E-state index contributed by atoms with van der Waals surface area (Å²) in [4.78, 5) is 36.1. The smallest absolute Gasteiger partial charge is 0.327 e. The van der Waals surface area contributed by atoms with E-state index < -0.39 is 30.3 Å². The molecule has 6 nitrogen and oxygen atoms in total. The molecule has 1 saturated heterocycles. The van der Waals surface area contributed by atoms with Gasteiger partial charge in [0.25, 0.3) is 5.91 Å². The lowest BCUT2D eigenvalue weighted by molar-refractivity contribution is -0.150. The van der Waals surface area contributed by atoms with E-state index in [4.69, 9.17) is 17.3 Å². The lowest BCUT2D eigenvalue weighted by Gasteiger charge is -2.21. The Bertz CT molecular complexity index is 792. The van der Waals surface area contributed by atoms with Crippen molar-refractivity contribution in [2.75, 3.05) is 0 Å². The van der Waals surface area contributed by atoms with E-state index >= 15 is 0 Å². The second kappa shape index (κ2) is 7.37. The fourth-order valence-electron chi connectivity index (χ4n) is 2.75. The van der Waals surface area contributed by atoms with Crippen LogP contribution < -0.4 is 0 Å². The molecule has 1 aliphatic heterocycles. The molecule has 132 valence electrons. The molecule has 1 fully saturated rings. The summed E-state index contributed by atoms with van der Waals surface area (Å²) >= 11 is 6.10. The van der Waals surface area contributed by atoms with Crippen LogP contribution in [0.2, 0.25) is 0 Å². The van der Waals surface area contributed by atoms with E-state index in [9.17, 15) is 19.5 Å². The topological polar surface area (TPSA) is 94.9 Å². The SMILES string of the molecule is Cc1cc(C)c(C=C2SC(=S)N(C(CC(=O)O)C(=O)O)C2=O)c(C)c1. The number of carbonyl (C=O) groups excluding carboxylic acids is 1. The summed E-state index contributed by atoms with van der Waals surface area (Å²) in [7, 11) is 0. The molecule has 0 saturated carbocycles. The normalized spacial score (nSPS) is 17.2. The molecule has 1 atom stereocenters. The van der Waals surface area contributed by atoms with Crippen molar-refractivity contribution in [3.05, 3.63) is 39.3 Å². The predicted molar refractivity (Wildman–Crippen MR) is 99.3 cm³/mol. The number of aliphatic carboxylic acids is 2. The zero-order chi connectivity index (χ0) is 18.9. The Balaban J connectivity index is 2.41. The first-order valence-electron chi connectivity index (χ1n) is 7.41. The Labute approximate surface area is 154 Å². The van der Waals surface area contributed by atoms with E-state index in [-0.39, 0.29) is 9.23 Å². The average Bonchev–Trinajstić information content (AvgIpc) is 2.74. The summed E-state index contributed by atoms with van der Waals surface area (Å²) in [6.07, 6.45) is 0.973. The molecule has 0 bridgehead atoms. The van der Waals surface area contributed by atoms with E-state index in [2.05, 4.69) is 0 Å². The number of carboxylic acid groups (broad SMARTS) is 2. The first-order chi connectivity index (χ1) is 11.6. The number of aryl methyl sites for hydroxylation is 3. The van der Waals surface area contributed by atoms with Gasteiger partial charge in [-0.15, -0.1) is 0 Å². The van der Waals surface area contributed by atoms with Crippen LogP contribution in [0.4, 0.5) is 0 Å². The Morgan fingerprint density at radius 1 is 1.24 bits per heavy atom. The minimum absolute atomic E-state index is 0.0484. The van der Waals surface area contributed by atoms with Gasteiger partial charge in [0.15, 0.2) is 0 Å². The minimum atomic E-state index is -1.52. The highest BCUT2D eigenvalue weighted by Gasteiger charge is 2.41. The molecule has 2 rings (SSSR count). The molecule has 0 aromatic heterocycles. The lowest BCUT2D eigenvalue weighted by atomic mass is 9.99. The summed E-state index contributed by atoms with van der Waals surface area (Å²) in [6.45, 7) is 5.83. The van der Waals surface area contributed by atoms with Gasteiger partial charge in [0.1, 0.15) is 10.4 Å². The van der Waals surface area contributed by atoms with Gasteiger partial charge in [-0.2, -0.15) is 0 Å². The molecule has 1 heterocycles. The fraction of sp³-hybridized carbons (Fsp3) is 0.294. The highest BCUT2D eigenvalue weighted by atomic mass is 32.2. The number of thiocarbonyl (C=S) groups is 1. The molecular formula is C17H17NO5S2.